The number of aliphatic hydroxyl groups excluding tert-OH is 1. The summed E-state index contributed by atoms with van der Waals surface area (Å²) in [4.78, 5) is 26.1. The Kier molecular flexibility index (Phi) is 7.32. The van der Waals surface area contributed by atoms with E-state index in [-0.39, 0.29) is 24.3 Å². The van der Waals surface area contributed by atoms with E-state index < -0.39 is 11.7 Å². The van der Waals surface area contributed by atoms with Crippen LogP contribution in [-0.2, 0) is 9.53 Å². The molecule has 1 rings (SSSR count). The molecule has 23 heavy (non-hydrogen) atoms. The molecule has 1 aliphatic rings. The second-order valence-corrected chi connectivity index (χ2v) is 7.84. The third kappa shape index (κ3) is 7.20. The van der Waals surface area contributed by atoms with Crippen molar-refractivity contribution in [2.45, 2.75) is 53.1 Å². The number of likely N-dealkylation sites (tertiary alicyclic amines) is 1. The van der Waals surface area contributed by atoms with Crippen molar-refractivity contribution in [3.63, 3.8) is 0 Å². The Bertz CT molecular complexity index is 404. The van der Waals surface area contributed by atoms with Crippen LogP contribution < -0.4 is 5.32 Å². The van der Waals surface area contributed by atoms with E-state index in [1.807, 2.05) is 20.8 Å². The summed E-state index contributed by atoms with van der Waals surface area (Å²) in [5, 5.41) is 12.4. The number of rotatable bonds is 5. The molecular formula is C17H32N2O4. The van der Waals surface area contributed by atoms with Gasteiger partial charge in [0.15, 0.2) is 0 Å². The molecule has 0 radical (unpaired) electrons. The number of carbonyl (C=O) groups is 2. The van der Waals surface area contributed by atoms with Crippen LogP contribution >= 0.6 is 0 Å². The van der Waals surface area contributed by atoms with Gasteiger partial charge in [-0.05, 0) is 39.5 Å². The zero-order valence-corrected chi connectivity index (χ0v) is 15.1. The van der Waals surface area contributed by atoms with E-state index in [0.29, 0.717) is 32.0 Å². The number of hydrogen-bond donors (Lipinski definition) is 2. The van der Waals surface area contributed by atoms with E-state index in [9.17, 15) is 14.7 Å². The fourth-order valence-corrected chi connectivity index (χ4v) is 2.63. The smallest absolute Gasteiger partial charge is 0.410 e. The molecule has 0 aliphatic carbocycles. The molecule has 1 fully saturated rings. The van der Waals surface area contributed by atoms with Crippen molar-refractivity contribution in [2.75, 3.05) is 26.2 Å². The van der Waals surface area contributed by atoms with Gasteiger partial charge in [0.25, 0.3) is 0 Å². The van der Waals surface area contributed by atoms with Gasteiger partial charge in [0.1, 0.15) is 5.60 Å². The summed E-state index contributed by atoms with van der Waals surface area (Å²) in [5.74, 6) is 0.111. The first-order valence-corrected chi connectivity index (χ1v) is 8.49. The minimum absolute atomic E-state index is 0.0327. The lowest BCUT2D eigenvalue weighted by molar-refractivity contribution is -0.127. The Balaban J connectivity index is 2.63. The molecule has 0 bridgehead atoms. The molecular weight excluding hydrogens is 296 g/mol. The van der Waals surface area contributed by atoms with E-state index >= 15 is 0 Å². The lowest BCUT2D eigenvalue weighted by Crippen LogP contribution is -2.50. The molecule has 0 saturated carbocycles. The van der Waals surface area contributed by atoms with Crippen LogP contribution in [-0.4, -0.2) is 53.8 Å². The first-order valence-electron chi connectivity index (χ1n) is 8.49. The van der Waals surface area contributed by atoms with Gasteiger partial charge in [-0.25, -0.2) is 4.79 Å². The topological polar surface area (TPSA) is 78.9 Å². The van der Waals surface area contributed by atoms with Crippen LogP contribution in [0.3, 0.4) is 0 Å². The lowest BCUT2D eigenvalue weighted by Gasteiger charge is -2.37. The minimum Gasteiger partial charge on any atom is -0.444 e. The van der Waals surface area contributed by atoms with Crippen LogP contribution in [0.25, 0.3) is 0 Å². The number of amides is 2. The first-order chi connectivity index (χ1) is 10.6. The third-order valence-corrected chi connectivity index (χ3v) is 3.84. The SMILES string of the molecule is CC(C)CCNC(=O)[C@H]1C[C@@H](CO)CN(C(=O)OC(C)(C)C)C1. The molecule has 2 N–H and O–H groups in total. The number of carbonyl (C=O) groups excluding carboxylic acids is 2. The summed E-state index contributed by atoms with van der Waals surface area (Å²) < 4.78 is 5.38. The summed E-state index contributed by atoms with van der Waals surface area (Å²) in [5.41, 5.74) is -0.571. The number of piperidine rings is 1. The predicted molar refractivity (Wildman–Crippen MR) is 89.0 cm³/mol. The molecule has 6 nitrogen and oxygen atoms in total. The summed E-state index contributed by atoms with van der Waals surface area (Å²) in [7, 11) is 0. The fourth-order valence-electron chi connectivity index (χ4n) is 2.63. The second kappa shape index (κ2) is 8.52. The maximum absolute atomic E-state index is 12.3. The number of ether oxygens (including phenoxy) is 1. The third-order valence-electron chi connectivity index (χ3n) is 3.84. The van der Waals surface area contributed by atoms with Crippen molar-refractivity contribution < 1.29 is 19.4 Å². The highest BCUT2D eigenvalue weighted by Crippen LogP contribution is 2.23. The summed E-state index contributed by atoms with van der Waals surface area (Å²) in [6, 6.07) is 0. The van der Waals surface area contributed by atoms with Crippen LogP contribution in [0.5, 0.6) is 0 Å². The maximum atomic E-state index is 12.3. The van der Waals surface area contributed by atoms with Gasteiger partial charge in [-0.1, -0.05) is 13.8 Å². The monoisotopic (exact) mass is 328 g/mol. The van der Waals surface area contributed by atoms with Gasteiger partial charge in [-0.3, -0.25) is 4.79 Å². The molecule has 2 atom stereocenters. The molecule has 0 aromatic heterocycles. The van der Waals surface area contributed by atoms with E-state index in [0.717, 1.165) is 6.42 Å². The van der Waals surface area contributed by atoms with Crippen molar-refractivity contribution in [3.8, 4) is 0 Å². The highest BCUT2D eigenvalue weighted by atomic mass is 16.6. The van der Waals surface area contributed by atoms with Gasteiger partial charge in [0.05, 0.1) is 5.92 Å². The molecule has 1 saturated heterocycles. The highest BCUT2D eigenvalue weighted by Gasteiger charge is 2.35. The summed E-state index contributed by atoms with van der Waals surface area (Å²) in [6.45, 7) is 11.0. The largest absolute Gasteiger partial charge is 0.444 e. The Hall–Kier alpha value is -1.30. The Morgan fingerprint density at radius 1 is 1.30 bits per heavy atom. The van der Waals surface area contributed by atoms with Gasteiger partial charge in [-0.15, -0.1) is 0 Å². The summed E-state index contributed by atoms with van der Waals surface area (Å²) in [6.07, 6.45) is 1.11. The standard InChI is InChI=1S/C17H32N2O4/c1-12(2)6-7-18-15(21)14-8-13(11-20)9-19(10-14)16(22)23-17(3,4)5/h12-14,20H,6-11H2,1-5H3,(H,18,21)/t13-,14+/m1/s1. The maximum Gasteiger partial charge on any atom is 0.410 e. The minimum atomic E-state index is -0.571. The van der Waals surface area contributed by atoms with Crippen LogP contribution in [0.2, 0.25) is 0 Å². The van der Waals surface area contributed by atoms with Crippen LogP contribution in [0.4, 0.5) is 4.79 Å². The van der Waals surface area contributed by atoms with Crippen LogP contribution in [0, 0.1) is 17.8 Å². The zero-order valence-electron chi connectivity index (χ0n) is 15.1. The average Bonchev–Trinajstić information content (AvgIpc) is 2.44. The first kappa shape index (κ1) is 19.7. The molecule has 134 valence electrons. The Morgan fingerprint density at radius 2 is 1.96 bits per heavy atom. The number of aliphatic hydroxyl groups is 1. The van der Waals surface area contributed by atoms with Crippen molar-refractivity contribution in [2.24, 2.45) is 17.8 Å². The van der Waals surface area contributed by atoms with E-state index in [1.54, 1.807) is 4.90 Å². The van der Waals surface area contributed by atoms with Gasteiger partial charge in [0, 0.05) is 32.2 Å². The van der Waals surface area contributed by atoms with Crippen LogP contribution in [0.15, 0.2) is 0 Å². The Labute approximate surface area is 139 Å². The molecule has 2 amide bonds. The molecule has 0 unspecified atom stereocenters. The van der Waals surface area contributed by atoms with Crippen molar-refractivity contribution in [1.29, 1.82) is 0 Å². The fraction of sp³-hybridized carbons (Fsp3) is 0.882. The number of hydrogen-bond acceptors (Lipinski definition) is 4. The second-order valence-electron chi connectivity index (χ2n) is 7.84. The van der Waals surface area contributed by atoms with Gasteiger partial charge in [0.2, 0.25) is 5.91 Å². The molecule has 1 heterocycles. The normalized spacial score (nSPS) is 22.1. The average molecular weight is 328 g/mol. The molecule has 0 aromatic carbocycles. The van der Waals surface area contributed by atoms with Crippen molar-refractivity contribution in [1.82, 2.24) is 10.2 Å². The van der Waals surface area contributed by atoms with E-state index in [1.165, 1.54) is 0 Å². The van der Waals surface area contributed by atoms with Gasteiger partial charge < -0.3 is 20.1 Å². The van der Waals surface area contributed by atoms with E-state index in [2.05, 4.69) is 19.2 Å². The molecule has 1 aliphatic heterocycles. The number of nitrogens with one attached hydrogen (secondary N) is 1. The molecule has 0 spiro atoms. The number of nitrogens with zero attached hydrogens (tertiary/aromatic N) is 1. The van der Waals surface area contributed by atoms with E-state index in [4.69, 9.17) is 4.74 Å². The molecule has 0 aromatic rings. The lowest BCUT2D eigenvalue weighted by atomic mass is 9.89. The Morgan fingerprint density at radius 3 is 2.48 bits per heavy atom. The van der Waals surface area contributed by atoms with Crippen molar-refractivity contribution in [3.05, 3.63) is 0 Å². The predicted octanol–water partition coefficient (Wildman–Crippen LogP) is 2.01. The van der Waals surface area contributed by atoms with Crippen molar-refractivity contribution >= 4 is 12.0 Å². The molecule has 6 heteroatoms. The van der Waals surface area contributed by atoms with Crippen LogP contribution in [0.1, 0.15) is 47.5 Å². The van der Waals surface area contributed by atoms with Gasteiger partial charge in [-0.2, -0.15) is 0 Å². The van der Waals surface area contributed by atoms with Gasteiger partial charge >= 0.3 is 6.09 Å². The summed E-state index contributed by atoms with van der Waals surface area (Å²) >= 11 is 0. The zero-order chi connectivity index (χ0) is 17.6. The quantitative estimate of drug-likeness (QED) is 0.809. The highest BCUT2D eigenvalue weighted by molar-refractivity contribution is 5.80.